The number of amides is 1. The molecule has 5 nitrogen and oxygen atoms in total. The summed E-state index contributed by atoms with van der Waals surface area (Å²) < 4.78 is 0. The van der Waals surface area contributed by atoms with E-state index in [1.54, 1.807) is 6.08 Å². The fourth-order valence-electron chi connectivity index (χ4n) is 4.99. The van der Waals surface area contributed by atoms with E-state index in [0.29, 0.717) is 25.7 Å². The first kappa shape index (κ1) is 42.8. The molecule has 1 amide bonds. The minimum Gasteiger partial charge on any atom is -0.394 e. The molecule has 5 heteroatoms. The van der Waals surface area contributed by atoms with Crippen molar-refractivity contribution in [2.24, 2.45) is 0 Å². The Balaban J connectivity index is 3.84. The molecule has 0 fully saturated rings. The molecule has 1 unspecified atom stereocenters. The summed E-state index contributed by atoms with van der Waals surface area (Å²) in [5, 5.41) is 32.9. The molecular weight excluding hydrogens is 558 g/mol. The van der Waals surface area contributed by atoms with E-state index in [4.69, 9.17) is 0 Å². The highest BCUT2D eigenvalue weighted by molar-refractivity contribution is 5.76. The molecule has 3 atom stereocenters. The molecule has 0 aliphatic rings. The summed E-state index contributed by atoms with van der Waals surface area (Å²) in [6.07, 6.45) is 45.6. The van der Waals surface area contributed by atoms with Crippen LogP contribution in [0, 0.1) is 0 Å². The number of aliphatic hydroxyl groups excluding tert-OH is 3. The summed E-state index contributed by atoms with van der Waals surface area (Å²) >= 11 is 0. The van der Waals surface area contributed by atoms with Gasteiger partial charge in [-0.15, -0.1) is 0 Å². The van der Waals surface area contributed by atoms with Crippen LogP contribution in [0.4, 0.5) is 0 Å². The van der Waals surface area contributed by atoms with Gasteiger partial charge in [-0.3, -0.25) is 4.79 Å². The van der Waals surface area contributed by atoms with Crippen LogP contribution >= 0.6 is 0 Å². The van der Waals surface area contributed by atoms with Crippen LogP contribution in [0.3, 0.4) is 0 Å². The molecule has 0 spiro atoms. The molecule has 0 heterocycles. The summed E-state index contributed by atoms with van der Waals surface area (Å²) in [7, 11) is 0. The van der Waals surface area contributed by atoms with Crippen LogP contribution in [0.1, 0.15) is 149 Å². The van der Waals surface area contributed by atoms with Gasteiger partial charge in [0.05, 0.1) is 24.9 Å². The van der Waals surface area contributed by atoms with Crippen molar-refractivity contribution >= 4 is 5.91 Å². The lowest BCUT2D eigenvalue weighted by Gasteiger charge is -2.22. The summed E-state index contributed by atoms with van der Waals surface area (Å²) in [5.41, 5.74) is 0. The van der Waals surface area contributed by atoms with Gasteiger partial charge in [-0.2, -0.15) is 0 Å². The van der Waals surface area contributed by atoms with Crippen LogP contribution in [0.5, 0.6) is 0 Å². The van der Waals surface area contributed by atoms with E-state index in [-0.39, 0.29) is 12.5 Å². The predicted octanol–water partition coefficient (Wildman–Crippen LogP) is 9.75. The van der Waals surface area contributed by atoms with Gasteiger partial charge >= 0.3 is 0 Å². The molecule has 0 radical (unpaired) electrons. The first-order chi connectivity index (χ1) is 22.0. The predicted molar refractivity (Wildman–Crippen MR) is 194 cm³/mol. The van der Waals surface area contributed by atoms with Gasteiger partial charge < -0.3 is 20.6 Å². The van der Waals surface area contributed by atoms with E-state index in [1.165, 1.54) is 70.6 Å². The zero-order valence-corrected chi connectivity index (χ0v) is 29.0. The number of carbonyl (C=O) groups is 1. The first-order valence-electron chi connectivity index (χ1n) is 18.2. The Morgan fingerprint density at radius 2 is 1.18 bits per heavy atom. The van der Waals surface area contributed by atoms with Crippen molar-refractivity contribution in [2.45, 2.75) is 167 Å². The largest absolute Gasteiger partial charge is 0.394 e. The van der Waals surface area contributed by atoms with Crippen LogP contribution < -0.4 is 5.32 Å². The van der Waals surface area contributed by atoms with Crippen molar-refractivity contribution in [2.75, 3.05) is 6.61 Å². The van der Waals surface area contributed by atoms with E-state index >= 15 is 0 Å². The molecular formula is C40H69NO4. The molecule has 0 aromatic heterocycles. The number of aliphatic hydroxyl groups is 3. The second kappa shape index (κ2) is 34.7. The number of nitrogens with one attached hydrogen (secondary N) is 1. The van der Waals surface area contributed by atoms with Gasteiger partial charge in [-0.05, 0) is 44.9 Å². The van der Waals surface area contributed by atoms with Gasteiger partial charge in [0.1, 0.15) is 0 Å². The normalized spacial score (nSPS) is 14.7. The van der Waals surface area contributed by atoms with Crippen molar-refractivity contribution in [3.8, 4) is 0 Å². The van der Waals surface area contributed by atoms with Crippen molar-refractivity contribution in [3.05, 3.63) is 72.9 Å². The topological polar surface area (TPSA) is 89.8 Å². The van der Waals surface area contributed by atoms with Gasteiger partial charge in [0, 0.05) is 6.42 Å². The van der Waals surface area contributed by atoms with Gasteiger partial charge in [-0.1, -0.05) is 170 Å². The summed E-state index contributed by atoms with van der Waals surface area (Å²) in [6.45, 7) is 4.13. The van der Waals surface area contributed by atoms with Crippen molar-refractivity contribution < 1.29 is 20.1 Å². The average molecular weight is 628 g/mol. The van der Waals surface area contributed by atoms with E-state index in [0.717, 1.165) is 38.5 Å². The minimum atomic E-state index is -0.706. The van der Waals surface area contributed by atoms with E-state index in [1.807, 2.05) is 36.5 Å². The maximum absolute atomic E-state index is 12.3. The smallest absolute Gasteiger partial charge is 0.220 e. The van der Waals surface area contributed by atoms with Gasteiger partial charge in [0.2, 0.25) is 5.91 Å². The number of allylic oxidation sites excluding steroid dienone is 10. The average Bonchev–Trinajstić information content (AvgIpc) is 3.04. The van der Waals surface area contributed by atoms with Crippen LogP contribution in [-0.2, 0) is 4.79 Å². The Morgan fingerprint density at radius 1 is 0.644 bits per heavy atom. The Labute approximate surface area is 277 Å². The van der Waals surface area contributed by atoms with Gasteiger partial charge in [0.25, 0.3) is 0 Å². The van der Waals surface area contributed by atoms with E-state index in [2.05, 4.69) is 49.5 Å². The van der Waals surface area contributed by atoms with Crippen LogP contribution in [0.2, 0.25) is 0 Å². The molecule has 0 aliphatic heterocycles. The fourth-order valence-corrected chi connectivity index (χ4v) is 4.99. The Bertz CT molecular complexity index is 826. The zero-order valence-electron chi connectivity index (χ0n) is 29.0. The van der Waals surface area contributed by atoms with Gasteiger partial charge in [-0.25, -0.2) is 0 Å². The van der Waals surface area contributed by atoms with Crippen molar-refractivity contribution in [3.63, 3.8) is 0 Å². The number of hydrogen-bond acceptors (Lipinski definition) is 4. The zero-order chi connectivity index (χ0) is 33.1. The Morgan fingerprint density at radius 3 is 1.78 bits per heavy atom. The lowest BCUT2D eigenvalue weighted by molar-refractivity contribution is -0.123. The molecule has 0 aromatic rings. The summed E-state index contributed by atoms with van der Waals surface area (Å²) in [4.78, 5) is 12.3. The lowest BCUT2D eigenvalue weighted by atomic mass is 10.0. The van der Waals surface area contributed by atoms with E-state index < -0.39 is 18.2 Å². The van der Waals surface area contributed by atoms with Crippen LogP contribution in [0.25, 0.3) is 0 Å². The third-order valence-corrected chi connectivity index (χ3v) is 7.83. The van der Waals surface area contributed by atoms with Crippen LogP contribution in [0.15, 0.2) is 72.9 Å². The number of unbranched alkanes of at least 4 members (excludes halogenated alkanes) is 12. The molecule has 0 aliphatic carbocycles. The van der Waals surface area contributed by atoms with Gasteiger partial charge in [0.15, 0.2) is 0 Å². The SMILES string of the molecule is CC/C=C\C/C=C\CC(O)/C=C/C=C\C/C=C\C/C=C\CCC(=O)N[C@@H](CO)[C@H](O)CCCCCCCCCCCCCCC. The third-order valence-electron chi connectivity index (χ3n) is 7.83. The second-order valence-corrected chi connectivity index (χ2v) is 12.1. The standard InChI is InChI=1S/C40H69NO4/c1-3-5-7-9-11-12-13-14-15-19-22-26-30-34-39(44)38(36-42)41-40(45)35-31-27-23-20-17-16-18-21-25-29-33-37(43)32-28-24-10-8-6-4-2/h6,8,16-17,21,23-25,27-29,33,37-39,42-44H,3-5,7,9-15,18-20,22,26,30-32,34-36H2,1-2H3,(H,41,45)/b8-6-,17-16-,25-21-,27-23-,28-24-,33-29+/t37?,38-,39+/m0/s1. The highest BCUT2D eigenvalue weighted by Crippen LogP contribution is 2.14. The number of carbonyl (C=O) groups excluding carboxylic acids is 1. The summed E-state index contributed by atoms with van der Waals surface area (Å²) in [6, 6.07) is -0.595. The molecule has 4 N–H and O–H groups in total. The molecule has 45 heavy (non-hydrogen) atoms. The quantitative estimate of drug-likeness (QED) is 0.0350. The summed E-state index contributed by atoms with van der Waals surface area (Å²) in [5.74, 6) is -0.137. The Hall–Kier alpha value is -2.21. The first-order valence-corrected chi connectivity index (χ1v) is 18.2. The molecule has 0 saturated carbocycles. The highest BCUT2D eigenvalue weighted by Gasteiger charge is 2.19. The lowest BCUT2D eigenvalue weighted by Crippen LogP contribution is -2.45. The third kappa shape index (κ3) is 31.6. The van der Waals surface area contributed by atoms with Crippen LogP contribution in [-0.4, -0.2) is 46.1 Å². The monoisotopic (exact) mass is 628 g/mol. The fraction of sp³-hybridized carbons (Fsp3) is 0.675. The molecule has 0 rings (SSSR count). The molecule has 0 saturated heterocycles. The second-order valence-electron chi connectivity index (χ2n) is 12.1. The number of rotatable bonds is 31. The molecule has 0 bridgehead atoms. The highest BCUT2D eigenvalue weighted by atomic mass is 16.3. The Kier molecular flexibility index (Phi) is 33.0. The minimum absolute atomic E-state index is 0.137. The molecule has 258 valence electrons. The van der Waals surface area contributed by atoms with E-state index in [9.17, 15) is 20.1 Å². The maximum Gasteiger partial charge on any atom is 0.220 e. The maximum atomic E-state index is 12.3. The number of hydrogen-bond donors (Lipinski definition) is 4. The molecule has 0 aromatic carbocycles. The van der Waals surface area contributed by atoms with Crippen molar-refractivity contribution in [1.29, 1.82) is 0 Å². The van der Waals surface area contributed by atoms with Crippen molar-refractivity contribution in [1.82, 2.24) is 5.32 Å².